The van der Waals surface area contributed by atoms with E-state index < -0.39 is 36.0 Å². The lowest BCUT2D eigenvalue weighted by atomic mass is 10.1. The van der Waals surface area contributed by atoms with E-state index in [0.29, 0.717) is 19.4 Å². The largest absolute Gasteiger partial charge is 0.464 e. The summed E-state index contributed by atoms with van der Waals surface area (Å²) in [6, 6.07) is 2.82. The van der Waals surface area contributed by atoms with Crippen molar-refractivity contribution in [3.8, 4) is 0 Å². The van der Waals surface area contributed by atoms with Crippen LogP contribution in [0.5, 0.6) is 0 Å². The summed E-state index contributed by atoms with van der Waals surface area (Å²) in [5.74, 6) is -2.43. The van der Waals surface area contributed by atoms with Crippen LogP contribution in [0.15, 0.2) is 18.2 Å². The maximum Gasteiger partial charge on any atom is 0.328 e. The summed E-state index contributed by atoms with van der Waals surface area (Å²) in [5, 5.41) is 0. The van der Waals surface area contributed by atoms with Gasteiger partial charge in [0.25, 0.3) is 0 Å². The lowest BCUT2D eigenvalue weighted by Gasteiger charge is -2.23. The Labute approximate surface area is 121 Å². The van der Waals surface area contributed by atoms with Crippen molar-refractivity contribution in [3.63, 3.8) is 0 Å². The number of amides is 1. The normalized spacial score (nSPS) is 17.9. The van der Waals surface area contributed by atoms with Gasteiger partial charge in [0.15, 0.2) is 0 Å². The van der Waals surface area contributed by atoms with Crippen LogP contribution in [0.3, 0.4) is 0 Å². The quantitative estimate of drug-likeness (QED) is 0.799. The van der Waals surface area contributed by atoms with Gasteiger partial charge in [0, 0.05) is 12.1 Å². The van der Waals surface area contributed by atoms with Gasteiger partial charge in [-0.25, -0.2) is 13.6 Å². The molecule has 1 heterocycles. The molecule has 0 bridgehead atoms. The fourth-order valence-corrected chi connectivity index (χ4v) is 2.50. The molecular formula is C15H17F2NO3. The third-order valence-electron chi connectivity index (χ3n) is 3.52. The monoisotopic (exact) mass is 297 g/mol. The maximum atomic E-state index is 13.6. The first-order valence-corrected chi connectivity index (χ1v) is 6.93. The molecule has 0 aliphatic carbocycles. The Bertz CT molecular complexity index is 527. The van der Waals surface area contributed by atoms with Crippen LogP contribution >= 0.6 is 0 Å². The number of benzene rings is 1. The molecule has 0 radical (unpaired) electrons. The molecular weight excluding hydrogens is 280 g/mol. The van der Waals surface area contributed by atoms with Gasteiger partial charge >= 0.3 is 5.97 Å². The molecule has 21 heavy (non-hydrogen) atoms. The number of nitrogens with zero attached hydrogens (tertiary/aromatic N) is 1. The molecule has 4 nitrogen and oxygen atoms in total. The van der Waals surface area contributed by atoms with E-state index in [2.05, 4.69) is 0 Å². The van der Waals surface area contributed by atoms with Gasteiger partial charge in [-0.3, -0.25) is 4.79 Å². The number of esters is 1. The molecule has 1 aromatic rings. The minimum absolute atomic E-state index is 0.235. The highest BCUT2D eigenvalue weighted by Crippen LogP contribution is 2.21. The zero-order chi connectivity index (χ0) is 15.4. The number of ether oxygens (including phenoxy) is 1. The average Bonchev–Trinajstić information content (AvgIpc) is 2.92. The van der Waals surface area contributed by atoms with Gasteiger partial charge in [0.05, 0.1) is 13.0 Å². The number of hydrogen-bond donors (Lipinski definition) is 0. The summed E-state index contributed by atoms with van der Waals surface area (Å²) in [4.78, 5) is 25.4. The van der Waals surface area contributed by atoms with E-state index in [1.807, 2.05) is 0 Å². The van der Waals surface area contributed by atoms with Crippen molar-refractivity contribution in [1.29, 1.82) is 0 Å². The molecule has 1 aromatic carbocycles. The van der Waals surface area contributed by atoms with Gasteiger partial charge in [-0.2, -0.15) is 0 Å². The molecule has 6 heteroatoms. The summed E-state index contributed by atoms with van der Waals surface area (Å²) in [7, 11) is 0. The van der Waals surface area contributed by atoms with Gasteiger partial charge in [0.2, 0.25) is 5.91 Å². The summed E-state index contributed by atoms with van der Waals surface area (Å²) >= 11 is 0. The second-order valence-electron chi connectivity index (χ2n) is 4.87. The van der Waals surface area contributed by atoms with Crippen molar-refractivity contribution in [3.05, 3.63) is 35.4 Å². The SMILES string of the molecule is CCOC(=O)C1CCCN1C(=O)Cc1c(F)cccc1F. The molecule has 0 saturated carbocycles. The van der Waals surface area contributed by atoms with E-state index in [1.54, 1.807) is 6.92 Å². The zero-order valence-corrected chi connectivity index (χ0v) is 11.8. The lowest BCUT2D eigenvalue weighted by molar-refractivity contribution is -0.152. The molecule has 114 valence electrons. The molecule has 1 unspecified atom stereocenters. The smallest absolute Gasteiger partial charge is 0.328 e. The number of likely N-dealkylation sites (tertiary alicyclic amines) is 1. The molecule has 1 fully saturated rings. The fourth-order valence-electron chi connectivity index (χ4n) is 2.50. The van der Waals surface area contributed by atoms with Gasteiger partial charge in [-0.15, -0.1) is 0 Å². The van der Waals surface area contributed by atoms with E-state index in [0.717, 1.165) is 12.1 Å². The highest BCUT2D eigenvalue weighted by Gasteiger charge is 2.35. The third-order valence-corrected chi connectivity index (χ3v) is 3.52. The second kappa shape index (κ2) is 6.65. The van der Waals surface area contributed by atoms with Gasteiger partial charge in [-0.1, -0.05) is 6.07 Å². The van der Waals surface area contributed by atoms with Crippen LogP contribution in [-0.2, 0) is 20.7 Å². The molecule has 0 aromatic heterocycles. The van der Waals surface area contributed by atoms with E-state index in [4.69, 9.17) is 4.74 Å². The average molecular weight is 297 g/mol. The predicted octanol–water partition coefficient (Wildman–Crippen LogP) is 2.06. The Balaban J connectivity index is 2.11. The Morgan fingerprint density at radius 1 is 1.33 bits per heavy atom. The first-order chi connectivity index (χ1) is 10.0. The van der Waals surface area contributed by atoms with E-state index in [1.165, 1.54) is 11.0 Å². The molecule has 0 N–H and O–H groups in total. The topological polar surface area (TPSA) is 46.6 Å². The molecule has 0 spiro atoms. The van der Waals surface area contributed by atoms with Crippen LogP contribution < -0.4 is 0 Å². The van der Waals surface area contributed by atoms with E-state index in [9.17, 15) is 18.4 Å². The number of hydrogen-bond acceptors (Lipinski definition) is 3. The summed E-state index contributed by atoms with van der Waals surface area (Å²) < 4.78 is 32.1. The first kappa shape index (κ1) is 15.4. The predicted molar refractivity (Wildman–Crippen MR) is 71.4 cm³/mol. The minimum atomic E-state index is -0.754. The molecule has 1 amide bonds. The Morgan fingerprint density at radius 3 is 2.62 bits per heavy atom. The van der Waals surface area contributed by atoms with Gasteiger partial charge in [-0.05, 0) is 31.9 Å². The summed E-state index contributed by atoms with van der Waals surface area (Å²) in [6.07, 6.45) is 0.799. The molecule has 1 aliphatic heterocycles. The van der Waals surface area contributed by atoms with Crippen LogP contribution in [0, 0.1) is 11.6 Å². The van der Waals surface area contributed by atoms with Crippen molar-refractivity contribution in [1.82, 2.24) is 4.90 Å². The highest BCUT2D eigenvalue weighted by molar-refractivity contribution is 5.86. The molecule has 1 aliphatic rings. The van der Waals surface area contributed by atoms with Crippen molar-refractivity contribution >= 4 is 11.9 Å². The summed E-state index contributed by atoms with van der Waals surface area (Å²) in [5.41, 5.74) is -0.267. The van der Waals surface area contributed by atoms with Gasteiger partial charge in [0.1, 0.15) is 17.7 Å². The Morgan fingerprint density at radius 2 is 2.00 bits per heavy atom. The fraction of sp³-hybridized carbons (Fsp3) is 0.467. The van der Waals surface area contributed by atoms with E-state index >= 15 is 0 Å². The zero-order valence-electron chi connectivity index (χ0n) is 11.8. The van der Waals surface area contributed by atoms with Crippen molar-refractivity contribution < 1.29 is 23.1 Å². The number of carbonyl (C=O) groups excluding carboxylic acids is 2. The van der Waals surface area contributed by atoms with Crippen LogP contribution in [0.25, 0.3) is 0 Å². The summed E-state index contributed by atoms with van der Waals surface area (Å²) in [6.45, 7) is 2.32. The van der Waals surface area contributed by atoms with Crippen molar-refractivity contribution in [2.45, 2.75) is 32.2 Å². The Kier molecular flexibility index (Phi) is 4.88. The highest BCUT2D eigenvalue weighted by atomic mass is 19.1. The second-order valence-corrected chi connectivity index (χ2v) is 4.87. The van der Waals surface area contributed by atoms with Crippen LogP contribution in [0.1, 0.15) is 25.3 Å². The number of rotatable bonds is 4. The van der Waals surface area contributed by atoms with Crippen LogP contribution in [0.4, 0.5) is 8.78 Å². The third kappa shape index (κ3) is 3.37. The Hall–Kier alpha value is -1.98. The molecule has 1 saturated heterocycles. The minimum Gasteiger partial charge on any atom is -0.464 e. The van der Waals surface area contributed by atoms with Gasteiger partial charge < -0.3 is 9.64 Å². The number of carbonyl (C=O) groups is 2. The van der Waals surface area contributed by atoms with Crippen molar-refractivity contribution in [2.75, 3.05) is 13.2 Å². The first-order valence-electron chi connectivity index (χ1n) is 6.93. The lowest BCUT2D eigenvalue weighted by Crippen LogP contribution is -2.42. The standard InChI is InChI=1S/C15H17F2NO3/c1-2-21-15(20)13-7-4-8-18(13)14(19)9-10-11(16)5-3-6-12(10)17/h3,5-6,13H,2,4,7-9H2,1H3. The van der Waals surface area contributed by atoms with Crippen LogP contribution in [-0.4, -0.2) is 36.0 Å². The van der Waals surface area contributed by atoms with Crippen LogP contribution in [0.2, 0.25) is 0 Å². The maximum absolute atomic E-state index is 13.6. The molecule has 2 rings (SSSR count). The van der Waals surface area contributed by atoms with E-state index in [-0.39, 0.29) is 12.2 Å². The molecule has 1 atom stereocenters. The van der Waals surface area contributed by atoms with Crippen molar-refractivity contribution in [2.24, 2.45) is 0 Å². The number of halogens is 2.